The van der Waals surface area contributed by atoms with Crippen LogP contribution in [0.1, 0.15) is 26.7 Å². The highest BCUT2D eigenvalue weighted by Crippen LogP contribution is 2.03. The van der Waals surface area contributed by atoms with Crippen molar-refractivity contribution in [2.24, 2.45) is 10.8 Å². The number of nitrogens with one attached hydrogen (secondary N) is 2. The Bertz CT molecular complexity index is 202. The van der Waals surface area contributed by atoms with E-state index in [1.165, 1.54) is 5.75 Å². The molecule has 0 aromatic rings. The highest BCUT2D eigenvalue weighted by Gasteiger charge is 2.03. The maximum Gasteiger partial charge on any atom is 0.205 e. The van der Waals surface area contributed by atoms with E-state index in [2.05, 4.69) is 29.6 Å². The molecule has 0 fully saturated rings. The fourth-order valence-corrected chi connectivity index (χ4v) is 2.05. The SMILES string of the molecule is CCSCCC(C)NC(=NCCCOC)NN. The minimum Gasteiger partial charge on any atom is -0.385 e. The summed E-state index contributed by atoms with van der Waals surface area (Å²) in [4.78, 5) is 4.33. The van der Waals surface area contributed by atoms with Crippen LogP contribution in [-0.4, -0.2) is 43.8 Å². The Morgan fingerprint density at radius 2 is 2.29 bits per heavy atom. The maximum atomic E-state index is 5.41. The molecule has 0 aliphatic heterocycles. The summed E-state index contributed by atoms with van der Waals surface area (Å²) in [6.45, 7) is 5.76. The van der Waals surface area contributed by atoms with Crippen molar-refractivity contribution in [1.82, 2.24) is 10.7 Å². The average molecular weight is 262 g/mol. The van der Waals surface area contributed by atoms with E-state index in [4.69, 9.17) is 10.6 Å². The van der Waals surface area contributed by atoms with Gasteiger partial charge in [-0.3, -0.25) is 10.4 Å². The molecule has 5 nitrogen and oxygen atoms in total. The molecule has 0 radical (unpaired) electrons. The predicted octanol–water partition coefficient (Wildman–Crippen LogP) is 0.964. The molecular weight excluding hydrogens is 236 g/mol. The van der Waals surface area contributed by atoms with Gasteiger partial charge < -0.3 is 10.1 Å². The summed E-state index contributed by atoms with van der Waals surface area (Å²) in [6.07, 6.45) is 2.01. The van der Waals surface area contributed by atoms with Crippen molar-refractivity contribution < 1.29 is 4.74 Å². The molecule has 0 heterocycles. The first-order valence-corrected chi connectivity index (χ1v) is 7.24. The van der Waals surface area contributed by atoms with E-state index in [-0.39, 0.29) is 0 Å². The minimum atomic E-state index is 0.381. The minimum absolute atomic E-state index is 0.381. The summed E-state index contributed by atoms with van der Waals surface area (Å²) in [5, 5.41) is 3.26. The van der Waals surface area contributed by atoms with Crippen LogP contribution >= 0.6 is 11.8 Å². The van der Waals surface area contributed by atoms with Crippen LogP contribution in [0, 0.1) is 0 Å². The Labute approximate surface area is 109 Å². The van der Waals surface area contributed by atoms with Gasteiger partial charge in [-0.25, -0.2) is 5.84 Å². The summed E-state index contributed by atoms with van der Waals surface area (Å²) in [6, 6.07) is 0.381. The number of methoxy groups -OCH3 is 1. The van der Waals surface area contributed by atoms with Gasteiger partial charge in [0, 0.05) is 26.3 Å². The van der Waals surface area contributed by atoms with Crippen LogP contribution in [0.15, 0.2) is 4.99 Å². The third-order valence-corrected chi connectivity index (χ3v) is 3.13. The molecule has 0 rings (SSSR count). The second-order valence-electron chi connectivity index (χ2n) is 3.75. The highest BCUT2D eigenvalue weighted by molar-refractivity contribution is 7.99. The fraction of sp³-hybridized carbons (Fsp3) is 0.909. The molecule has 0 saturated heterocycles. The van der Waals surface area contributed by atoms with Crippen molar-refractivity contribution in [3.63, 3.8) is 0 Å². The number of rotatable bonds is 9. The van der Waals surface area contributed by atoms with Gasteiger partial charge in [0.15, 0.2) is 0 Å². The van der Waals surface area contributed by atoms with Crippen LogP contribution in [0.2, 0.25) is 0 Å². The first-order chi connectivity index (χ1) is 8.24. The summed E-state index contributed by atoms with van der Waals surface area (Å²) >= 11 is 1.95. The monoisotopic (exact) mass is 262 g/mol. The molecule has 0 amide bonds. The number of ether oxygens (including phenoxy) is 1. The quantitative estimate of drug-likeness (QED) is 0.190. The lowest BCUT2D eigenvalue weighted by Gasteiger charge is -2.16. The zero-order valence-electron chi connectivity index (χ0n) is 11.2. The van der Waals surface area contributed by atoms with Crippen molar-refractivity contribution in [2.75, 3.05) is 31.8 Å². The Morgan fingerprint density at radius 3 is 2.88 bits per heavy atom. The molecule has 0 aromatic carbocycles. The van der Waals surface area contributed by atoms with E-state index < -0.39 is 0 Å². The third kappa shape index (κ3) is 10.4. The molecule has 0 aliphatic carbocycles. The lowest BCUT2D eigenvalue weighted by molar-refractivity contribution is 0.197. The Balaban J connectivity index is 3.77. The normalized spacial score (nSPS) is 13.5. The molecule has 1 unspecified atom stereocenters. The van der Waals surface area contributed by atoms with Crippen LogP contribution in [0.25, 0.3) is 0 Å². The predicted molar refractivity (Wildman–Crippen MR) is 76.3 cm³/mol. The molecule has 0 aliphatic rings. The third-order valence-electron chi connectivity index (χ3n) is 2.20. The summed E-state index contributed by atoms with van der Waals surface area (Å²) in [5.41, 5.74) is 2.59. The molecule has 0 aromatic heterocycles. The van der Waals surface area contributed by atoms with E-state index in [1.54, 1.807) is 7.11 Å². The van der Waals surface area contributed by atoms with E-state index in [9.17, 15) is 0 Å². The Kier molecular flexibility index (Phi) is 11.7. The fourth-order valence-electron chi connectivity index (χ4n) is 1.24. The first kappa shape index (κ1) is 16.5. The number of nitrogens with zero attached hydrogens (tertiary/aromatic N) is 1. The Morgan fingerprint density at radius 1 is 1.53 bits per heavy atom. The van der Waals surface area contributed by atoms with Gasteiger partial charge >= 0.3 is 0 Å². The van der Waals surface area contributed by atoms with E-state index >= 15 is 0 Å². The molecule has 0 saturated carbocycles. The van der Waals surface area contributed by atoms with Crippen molar-refractivity contribution in [3.05, 3.63) is 0 Å². The van der Waals surface area contributed by atoms with Gasteiger partial charge in [0.2, 0.25) is 5.96 Å². The molecule has 0 bridgehead atoms. The van der Waals surface area contributed by atoms with Gasteiger partial charge in [-0.05, 0) is 31.3 Å². The second-order valence-corrected chi connectivity index (χ2v) is 5.15. The van der Waals surface area contributed by atoms with Gasteiger partial charge in [0.25, 0.3) is 0 Å². The number of hydrogen-bond acceptors (Lipinski definition) is 4. The van der Waals surface area contributed by atoms with E-state index in [0.717, 1.165) is 31.7 Å². The van der Waals surface area contributed by atoms with Crippen molar-refractivity contribution in [2.45, 2.75) is 32.7 Å². The molecular formula is C11H26N4OS. The second kappa shape index (κ2) is 12.0. The van der Waals surface area contributed by atoms with Gasteiger partial charge in [0.05, 0.1) is 0 Å². The van der Waals surface area contributed by atoms with Gasteiger partial charge in [0.1, 0.15) is 0 Å². The number of guanidine groups is 1. The zero-order chi connectivity index (χ0) is 12.9. The molecule has 17 heavy (non-hydrogen) atoms. The standard InChI is InChI=1S/C11H26N4OS/c1-4-17-9-6-10(2)14-11(15-12)13-7-5-8-16-3/h10H,4-9,12H2,1-3H3,(H2,13,14,15). The molecule has 6 heteroatoms. The lowest BCUT2D eigenvalue weighted by Crippen LogP contribution is -2.45. The van der Waals surface area contributed by atoms with Gasteiger partial charge in [-0.1, -0.05) is 6.92 Å². The van der Waals surface area contributed by atoms with Crippen molar-refractivity contribution in [3.8, 4) is 0 Å². The van der Waals surface area contributed by atoms with Gasteiger partial charge in [-0.15, -0.1) is 0 Å². The average Bonchev–Trinajstić information content (AvgIpc) is 2.33. The van der Waals surface area contributed by atoms with Crippen molar-refractivity contribution >= 4 is 17.7 Å². The topological polar surface area (TPSA) is 71.7 Å². The Hall–Kier alpha value is -0.460. The molecule has 1 atom stereocenters. The van der Waals surface area contributed by atoms with Crippen LogP contribution in [-0.2, 0) is 4.74 Å². The summed E-state index contributed by atoms with van der Waals surface area (Å²) in [5.74, 6) is 8.40. The molecule has 102 valence electrons. The number of nitrogens with two attached hydrogens (primary N) is 1. The zero-order valence-corrected chi connectivity index (χ0v) is 12.0. The maximum absolute atomic E-state index is 5.41. The van der Waals surface area contributed by atoms with Crippen LogP contribution in [0.5, 0.6) is 0 Å². The van der Waals surface area contributed by atoms with Crippen molar-refractivity contribution in [1.29, 1.82) is 0 Å². The van der Waals surface area contributed by atoms with E-state index in [0.29, 0.717) is 12.0 Å². The highest BCUT2D eigenvalue weighted by atomic mass is 32.2. The smallest absolute Gasteiger partial charge is 0.205 e. The largest absolute Gasteiger partial charge is 0.385 e. The number of hydrogen-bond donors (Lipinski definition) is 3. The number of hydrazine groups is 1. The molecule has 0 spiro atoms. The number of thioether (sulfide) groups is 1. The van der Waals surface area contributed by atoms with Gasteiger partial charge in [-0.2, -0.15) is 11.8 Å². The van der Waals surface area contributed by atoms with Crippen LogP contribution < -0.4 is 16.6 Å². The lowest BCUT2D eigenvalue weighted by atomic mass is 10.3. The first-order valence-electron chi connectivity index (χ1n) is 6.08. The molecule has 4 N–H and O–H groups in total. The number of aliphatic imine (C=N–C) groups is 1. The summed E-state index contributed by atoms with van der Waals surface area (Å²) < 4.78 is 4.96. The van der Waals surface area contributed by atoms with Crippen LogP contribution in [0.4, 0.5) is 0 Å². The summed E-state index contributed by atoms with van der Waals surface area (Å²) in [7, 11) is 1.69. The van der Waals surface area contributed by atoms with Crippen LogP contribution in [0.3, 0.4) is 0 Å². The van der Waals surface area contributed by atoms with E-state index in [1.807, 2.05) is 11.8 Å².